The number of nitrogens with zero attached hydrogens (tertiary/aromatic N) is 2. The third-order valence-corrected chi connectivity index (χ3v) is 3.33. The third-order valence-electron chi connectivity index (χ3n) is 3.33. The molecule has 0 amide bonds. The van der Waals surface area contributed by atoms with Gasteiger partial charge in [0, 0.05) is 25.8 Å². The molecule has 1 saturated heterocycles. The van der Waals surface area contributed by atoms with Crippen molar-refractivity contribution < 1.29 is 9.84 Å². The average Bonchev–Trinajstić information content (AvgIpc) is 2.45. The maximum Gasteiger partial charge on any atom is 0.131 e. The Morgan fingerprint density at radius 1 is 1.58 bits per heavy atom. The highest BCUT2D eigenvalue weighted by Gasteiger charge is 2.21. The van der Waals surface area contributed by atoms with Crippen LogP contribution in [0.2, 0.25) is 0 Å². The van der Waals surface area contributed by atoms with Crippen molar-refractivity contribution in [3.8, 4) is 0 Å². The van der Waals surface area contributed by atoms with Crippen molar-refractivity contribution in [2.45, 2.75) is 26.5 Å². The minimum Gasteiger partial charge on any atom is -0.394 e. The Morgan fingerprint density at radius 3 is 3.11 bits per heavy atom. The predicted molar refractivity (Wildman–Crippen MR) is 75.4 cm³/mol. The van der Waals surface area contributed by atoms with Crippen LogP contribution in [-0.2, 0) is 11.3 Å². The van der Waals surface area contributed by atoms with Crippen LogP contribution in [-0.4, -0.2) is 49.0 Å². The second kappa shape index (κ2) is 6.84. The van der Waals surface area contributed by atoms with Crippen molar-refractivity contribution >= 4 is 5.82 Å². The highest BCUT2D eigenvalue weighted by atomic mass is 16.5. The van der Waals surface area contributed by atoms with Gasteiger partial charge in [0.05, 0.1) is 19.3 Å². The van der Waals surface area contributed by atoms with Gasteiger partial charge in [0.1, 0.15) is 5.82 Å². The molecule has 1 atom stereocenters. The molecule has 2 heterocycles. The molecule has 1 fully saturated rings. The summed E-state index contributed by atoms with van der Waals surface area (Å²) in [5.41, 5.74) is 2.38. The van der Waals surface area contributed by atoms with Gasteiger partial charge in [-0.1, -0.05) is 6.92 Å². The number of hydrogen-bond acceptors (Lipinski definition) is 5. The van der Waals surface area contributed by atoms with Gasteiger partial charge in [0.2, 0.25) is 0 Å². The molecular formula is C14H23N3O2. The van der Waals surface area contributed by atoms with E-state index >= 15 is 0 Å². The summed E-state index contributed by atoms with van der Waals surface area (Å²) in [5.74, 6) is 1.00. The van der Waals surface area contributed by atoms with E-state index < -0.39 is 0 Å². The molecule has 1 aliphatic rings. The smallest absolute Gasteiger partial charge is 0.131 e. The van der Waals surface area contributed by atoms with Gasteiger partial charge in [-0.15, -0.1) is 0 Å². The van der Waals surface area contributed by atoms with Crippen molar-refractivity contribution in [3.05, 3.63) is 23.4 Å². The molecule has 1 aromatic heterocycles. The lowest BCUT2D eigenvalue weighted by Crippen LogP contribution is -2.44. The molecular weight excluding hydrogens is 242 g/mol. The Morgan fingerprint density at radius 2 is 2.42 bits per heavy atom. The van der Waals surface area contributed by atoms with Gasteiger partial charge in [0.15, 0.2) is 0 Å². The van der Waals surface area contributed by atoms with E-state index in [9.17, 15) is 5.11 Å². The number of aliphatic hydroxyl groups excluding tert-OH is 1. The van der Waals surface area contributed by atoms with Crippen molar-refractivity contribution in [1.82, 2.24) is 10.3 Å². The quantitative estimate of drug-likeness (QED) is 0.820. The van der Waals surface area contributed by atoms with E-state index in [4.69, 9.17) is 4.74 Å². The van der Waals surface area contributed by atoms with Gasteiger partial charge in [-0.05, 0) is 30.7 Å². The minimum absolute atomic E-state index is 0.0635. The molecule has 0 aromatic carbocycles. The fourth-order valence-electron chi connectivity index (χ4n) is 2.35. The predicted octanol–water partition coefficient (Wildman–Crippen LogP) is 0.697. The summed E-state index contributed by atoms with van der Waals surface area (Å²) in [6.45, 7) is 8.24. The molecule has 0 aliphatic carbocycles. The zero-order valence-electron chi connectivity index (χ0n) is 11.7. The van der Waals surface area contributed by atoms with E-state index in [0.29, 0.717) is 13.2 Å². The zero-order valence-corrected chi connectivity index (χ0v) is 11.7. The standard InChI is InChI=1S/C14H23N3O2/c1-3-15-7-12-6-11(2)14(16-8-12)17-4-5-19-13(9-17)10-18/h6,8,13,15,18H,3-5,7,9-10H2,1-2H3. The molecule has 0 bridgehead atoms. The summed E-state index contributed by atoms with van der Waals surface area (Å²) in [5, 5.41) is 12.5. The van der Waals surface area contributed by atoms with Crippen molar-refractivity contribution in [2.75, 3.05) is 37.7 Å². The largest absolute Gasteiger partial charge is 0.394 e. The molecule has 0 spiro atoms. The number of nitrogens with one attached hydrogen (secondary N) is 1. The van der Waals surface area contributed by atoms with Crippen LogP contribution < -0.4 is 10.2 Å². The molecule has 19 heavy (non-hydrogen) atoms. The Balaban J connectivity index is 2.07. The van der Waals surface area contributed by atoms with Crippen LogP contribution in [0.5, 0.6) is 0 Å². The topological polar surface area (TPSA) is 57.6 Å². The molecule has 2 N–H and O–H groups in total. The van der Waals surface area contributed by atoms with Crippen LogP contribution in [0, 0.1) is 6.92 Å². The number of ether oxygens (including phenoxy) is 1. The Hall–Kier alpha value is -1.17. The van der Waals surface area contributed by atoms with Crippen LogP contribution in [0.25, 0.3) is 0 Å². The van der Waals surface area contributed by atoms with E-state index in [2.05, 4.69) is 35.1 Å². The summed E-state index contributed by atoms with van der Waals surface area (Å²) in [4.78, 5) is 6.76. The first-order chi connectivity index (χ1) is 9.24. The maximum atomic E-state index is 9.19. The van der Waals surface area contributed by atoms with E-state index in [0.717, 1.165) is 25.5 Å². The monoisotopic (exact) mass is 265 g/mol. The lowest BCUT2D eigenvalue weighted by molar-refractivity contribution is 0.00333. The number of aryl methyl sites for hydroxylation is 1. The number of hydrogen-bond donors (Lipinski definition) is 2. The third kappa shape index (κ3) is 3.65. The van der Waals surface area contributed by atoms with E-state index in [-0.39, 0.29) is 12.7 Å². The molecule has 2 rings (SSSR count). The number of rotatable bonds is 5. The van der Waals surface area contributed by atoms with Crippen LogP contribution in [0.4, 0.5) is 5.82 Å². The van der Waals surface area contributed by atoms with Crippen LogP contribution in [0.3, 0.4) is 0 Å². The van der Waals surface area contributed by atoms with Crippen LogP contribution >= 0.6 is 0 Å². The maximum absolute atomic E-state index is 9.19. The van der Waals surface area contributed by atoms with E-state index in [1.807, 2.05) is 6.20 Å². The average molecular weight is 265 g/mol. The molecule has 5 heteroatoms. The van der Waals surface area contributed by atoms with Crippen LogP contribution in [0.15, 0.2) is 12.3 Å². The molecule has 0 saturated carbocycles. The summed E-state index contributed by atoms with van der Waals surface area (Å²) in [7, 11) is 0. The van der Waals surface area contributed by atoms with Crippen molar-refractivity contribution in [1.29, 1.82) is 0 Å². The summed E-state index contributed by atoms with van der Waals surface area (Å²) in [6.07, 6.45) is 1.82. The highest BCUT2D eigenvalue weighted by molar-refractivity contribution is 5.47. The van der Waals surface area contributed by atoms with Crippen molar-refractivity contribution in [3.63, 3.8) is 0 Å². The fourth-order valence-corrected chi connectivity index (χ4v) is 2.35. The number of pyridine rings is 1. The summed E-state index contributed by atoms with van der Waals surface area (Å²) < 4.78 is 5.47. The van der Waals surface area contributed by atoms with Gasteiger partial charge in [-0.3, -0.25) is 0 Å². The SMILES string of the molecule is CCNCc1cnc(N2CCOC(CO)C2)c(C)c1. The number of aromatic nitrogens is 1. The molecule has 1 aliphatic heterocycles. The Kier molecular flexibility index (Phi) is 5.13. The Bertz CT molecular complexity index is 412. The molecule has 106 valence electrons. The zero-order chi connectivity index (χ0) is 13.7. The van der Waals surface area contributed by atoms with Crippen molar-refractivity contribution in [2.24, 2.45) is 0 Å². The molecule has 1 unspecified atom stereocenters. The first-order valence-electron chi connectivity index (χ1n) is 6.88. The van der Waals surface area contributed by atoms with Gasteiger partial charge < -0.3 is 20.1 Å². The summed E-state index contributed by atoms with van der Waals surface area (Å²) in [6, 6.07) is 2.18. The lowest BCUT2D eigenvalue weighted by atomic mass is 10.1. The number of morpholine rings is 1. The first-order valence-corrected chi connectivity index (χ1v) is 6.88. The Labute approximate surface area is 114 Å². The number of aliphatic hydroxyl groups is 1. The van der Waals surface area contributed by atoms with Gasteiger partial charge in [-0.2, -0.15) is 0 Å². The molecule has 1 aromatic rings. The van der Waals surface area contributed by atoms with Gasteiger partial charge in [-0.25, -0.2) is 4.98 Å². The summed E-state index contributed by atoms with van der Waals surface area (Å²) >= 11 is 0. The first kappa shape index (κ1) is 14.2. The molecule has 5 nitrogen and oxygen atoms in total. The van der Waals surface area contributed by atoms with E-state index in [1.165, 1.54) is 11.1 Å². The fraction of sp³-hybridized carbons (Fsp3) is 0.643. The van der Waals surface area contributed by atoms with Gasteiger partial charge >= 0.3 is 0 Å². The second-order valence-corrected chi connectivity index (χ2v) is 4.89. The van der Waals surface area contributed by atoms with Crippen LogP contribution in [0.1, 0.15) is 18.1 Å². The van der Waals surface area contributed by atoms with Gasteiger partial charge in [0.25, 0.3) is 0 Å². The van der Waals surface area contributed by atoms with E-state index in [1.54, 1.807) is 0 Å². The lowest BCUT2D eigenvalue weighted by Gasteiger charge is -2.33. The second-order valence-electron chi connectivity index (χ2n) is 4.89. The minimum atomic E-state index is -0.101. The molecule has 0 radical (unpaired) electrons. The highest BCUT2D eigenvalue weighted by Crippen LogP contribution is 2.20. The normalized spacial score (nSPS) is 19.7. The number of anilines is 1.